The Labute approximate surface area is 125 Å². The third kappa shape index (κ3) is 3.82. The fourth-order valence-electron chi connectivity index (χ4n) is 2.71. The molecule has 1 heterocycles. The van der Waals surface area contributed by atoms with E-state index in [1.54, 1.807) is 4.90 Å². The molecule has 114 valence electrons. The van der Waals surface area contributed by atoms with E-state index in [2.05, 4.69) is 0 Å². The van der Waals surface area contributed by atoms with Gasteiger partial charge >= 0.3 is 5.97 Å². The van der Waals surface area contributed by atoms with Crippen LogP contribution in [-0.4, -0.2) is 42.5 Å². The molecule has 0 aromatic heterocycles. The summed E-state index contributed by atoms with van der Waals surface area (Å²) in [4.78, 5) is 25.6. The second-order valence-electron chi connectivity index (χ2n) is 5.34. The number of hydrogen-bond donors (Lipinski definition) is 1. The number of likely N-dealkylation sites (tertiary alicyclic amines) is 1. The van der Waals surface area contributed by atoms with E-state index in [1.165, 1.54) is 7.11 Å². The molecule has 0 bridgehead atoms. The fraction of sp³-hybridized carbons (Fsp3) is 0.500. The normalized spacial score (nSPS) is 19.3. The number of esters is 1. The molecule has 2 unspecified atom stereocenters. The van der Waals surface area contributed by atoms with E-state index in [4.69, 9.17) is 10.5 Å². The van der Waals surface area contributed by atoms with Crippen molar-refractivity contribution < 1.29 is 14.3 Å². The van der Waals surface area contributed by atoms with Gasteiger partial charge < -0.3 is 15.4 Å². The minimum atomic E-state index is -0.574. The zero-order valence-electron chi connectivity index (χ0n) is 12.3. The van der Waals surface area contributed by atoms with Crippen molar-refractivity contribution in [2.75, 3.05) is 13.7 Å². The van der Waals surface area contributed by atoms with Crippen LogP contribution in [0.2, 0.25) is 0 Å². The van der Waals surface area contributed by atoms with Crippen LogP contribution in [0, 0.1) is 0 Å². The third-order valence-corrected chi connectivity index (χ3v) is 3.91. The maximum atomic E-state index is 12.4. The summed E-state index contributed by atoms with van der Waals surface area (Å²) in [6.07, 6.45) is 2.80. The van der Waals surface area contributed by atoms with Gasteiger partial charge in [0.25, 0.3) is 0 Å². The average molecular weight is 290 g/mol. The Morgan fingerprint density at radius 1 is 1.38 bits per heavy atom. The predicted octanol–water partition coefficient (Wildman–Crippen LogP) is 1.11. The fourth-order valence-corrected chi connectivity index (χ4v) is 2.71. The van der Waals surface area contributed by atoms with Gasteiger partial charge in [-0.3, -0.25) is 4.79 Å². The van der Waals surface area contributed by atoms with Gasteiger partial charge in [-0.25, -0.2) is 4.79 Å². The molecule has 0 radical (unpaired) electrons. The van der Waals surface area contributed by atoms with E-state index in [1.807, 2.05) is 30.3 Å². The van der Waals surface area contributed by atoms with Crippen molar-refractivity contribution >= 4 is 11.9 Å². The van der Waals surface area contributed by atoms with Crippen molar-refractivity contribution in [3.63, 3.8) is 0 Å². The zero-order valence-corrected chi connectivity index (χ0v) is 12.3. The molecule has 1 aliphatic heterocycles. The number of nitrogens with zero attached hydrogens (tertiary/aromatic N) is 1. The summed E-state index contributed by atoms with van der Waals surface area (Å²) in [5.41, 5.74) is 7.16. The van der Waals surface area contributed by atoms with Crippen molar-refractivity contribution in [1.29, 1.82) is 0 Å². The van der Waals surface area contributed by atoms with E-state index in [-0.39, 0.29) is 11.9 Å². The lowest BCUT2D eigenvalue weighted by molar-refractivity contribution is -0.151. The van der Waals surface area contributed by atoms with Crippen LogP contribution in [-0.2, 0) is 20.7 Å². The lowest BCUT2D eigenvalue weighted by Gasteiger charge is -2.25. The Hall–Kier alpha value is -1.88. The lowest BCUT2D eigenvalue weighted by Crippen LogP contribution is -2.48. The minimum Gasteiger partial charge on any atom is -0.467 e. The van der Waals surface area contributed by atoms with Gasteiger partial charge in [0.1, 0.15) is 6.04 Å². The highest BCUT2D eigenvalue weighted by molar-refractivity contribution is 5.88. The number of methoxy groups -OCH3 is 1. The van der Waals surface area contributed by atoms with Crippen molar-refractivity contribution in [3.8, 4) is 0 Å². The average Bonchev–Trinajstić information content (AvgIpc) is 3.01. The first-order valence-electron chi connectivity index (χ1n) is 7.31. The summed E-state index contributed by atoms with van der Waals surface area (Å²) in [5.74, 6) is -0.505. The molecule has 1 aromatic carbocycles. The molecule has 0 saturated carbocycles. The molecular formula is C16H22N2O3. The molecule has 1 saturated heterocycles. The van der Waals surface area contributed by atoms with Gasteiger partial charge in [-0.05, 0) is 31.2 Å². The maximum absolute atomic E-state index is 12.4. The lowest BCUT2D eigenvalue weighted by atomic mass is 10.0. The van der Waals surface area contributed by atoms with Crippen molar-refractivity contribution in [2.45, 2.75) is 37.8 Å². The van der Waals surface area contributed by atoms with Crippen LogP contribution in [0.4, 0.5) is 0 Å². The second kappa shape index (κ2) is 7.22. The standard InChI is InChI=1S/C16H22N2O3/c1-21-16(20)14-8-5-11-18(14)15(19)13(17)10-9-12-6-3-2-4-7-12/h2-4,6-7,13-14H,5,8-11,17H2,1H3. The van der Waals surface area contributed by atoms with Gasteiger partial charge in [-0.1, -0.05) is 30.3 Å². The van der Waals surface area contributed by atoms with Crippen molar-refractivity contribution in [2.24, 2.45) is 5.73 Å². The topological polar surface area (TPSA) is 72.6 Å². The highest BCUT2D eigenvalue weighted by atomic mass is 16.5. The Kier molecular flexibility index (Phi) is 5.33. The van der Waals surface area contributed by atoms with Crippen LogP contribution in [0.5, 0.6) is 0 Å². The van der Waals surface area contributed by atoms with Gasteiger partial charge in [-0.2, -0.15) is 0 Å². The first-order valence-corrected chi connectivity index (χ1v) is 7.31. The molecular weight excluding hydrogens is 268 g/mol. The number of carbonyl (C=O) groups is 2. The molecule has 1 amide bonds. The van der Waals surface area contributed by atoms with Crippen LogP contribution in [0.3, 0.4) is 0 Å². The highest BCUT2D eigenvalue weighted by Gasteiger charge is 2.36. The Morgan fingerprint density at radius 3 is 2.76 bits per heavy atom. The van der Waals surface area contributed by atoms with E-state index in [9.17, 15) is 9.59 Å². The second-order valence-corrected chi connectivity index (χ2v) is 5.34. The largest absolute Gasteiger partial charge is 0.467 e. The molecule has 2 N–H and O–H groups in total. The molecule has 1 fully saturated rings. The first-order chi connectivity index (χ1) is 10.1. The van der Waals surface area contributed by atoms with Gasteiger partial charge in [0.15, 0.2) is 0 Å². The van der Waals surface area contributed by atoms with Gasteiger partial charge in [0, 0.05) is 6.54 Å². The van der Waals surface area contributed by atoms with Crippen LogP contribution in [0.15, 0.2) is 30.3 Å². The van der Waals surface area contributed by atoms with Gasteiger partial charge in [-0.15, -0.1) is 0 Å². The number of hydrogen-bond acceptors (Lipinski definition) is 4. The molecule has 0 spiro atoms. The zero-order chi connectivity index (χ0) is 15.2. The summed E-state index contributed by atoms with van der Waals surface area (Å²) in [6, 6.07) is 8.89. The smallest absolute Gasteiger partial charge is 0.328 e. The Bertz CT molecular complexity index is 490. The molecule has 2 rings (SSSR count). The summed E-state index contributed by atoms with van der Waals surface area (Å²) in [5, 5.41) is 0. The minimum absolute atomic E-state index is 0.154. The van der Waals surface area contributed by atoms with E-state index < -0.39 is 12.1 Å². The molecule has 5 nitrogen and oxygen atoms in total. The summed E-state index contributed by atoms with van der Waals surface area (Å²) < 4.78 is 4.75. The highest BCUT2D eigenvalue weighted by Crippen LogP contribution is 2.20. The molecule has 0 aliphatic carbocycles. The predicted molar refractivity (Wildman–Crippen MR) is 79.5 cm³/mol. The third-order valence-electron chi connectivity index (χ3n) is 3.91. The molecule has 5 heteroatoms. The number of amides is 1. The number of nitrogens with two attached hydrogens (primary N) is 1. The summed E-state index contributed by atoms with van der Waals surface area (Å²) in [6.45, 7) is 0.581. The maximum Gasteiger partial charge on any atom is 0.328 e. The van der Waals surface area contributed by atoms with E-state index >= 15 is 0 Å². The molecule has 1 aliphatic rings. The monoisotopic (exact) mass is 290 g/mol. The number of carbonyl (C=O) groups excluding carboxylic acids is 2. The van der Waals surface area contributed by atoms with Gasteiger partial charge in [0.2, 0.25) is 5.91 Å². The van der Waals surface area contributed by atoms with Crippen LogP contribution >= 0.6 is 0 Å². The summed E-state index contributed by atoms with van der Waals surface area (Å²) >= 11 is 0. The first kappa shape index (κ1) is 15.5. The van der Waals surface area contributed by atoms with E-state index in [0.717, 1.165) is 18.4 Å². The Balaban J connectivity index is 1.91. The summed E-state index contributed by atoms with van der Waals surface area (Å²) in [7, 11) is 1.35. The van der Waals surface area contributed by atoms with Crippen molar-refractivity contribution in [3.05, 3.63) is 35.9 Å². The van der Waals surface area contributed by atoms with E-state index in [0.29, 0.717) is 19.4 Å². The van der Waals surface area contributed by atoms with Crippen LogP contribution < -0.4 is 5.73 Å². The number of benzene rings is 1. The molecule has 21 heavy (non-hydrogen) atoms. The quantitative estimate of drug-likeness (QED) is 0.825. The number of aryl methyl sites for hydroxylation is 1. The molecule has 2 atom stereocenters. The van der Waals surface area contributed by atoms with Crippen LogP contribution in [0.1, 0.15) is 24.8 Å². The number of rotatable bonds is 5. The Morgan fingerprint density at radius 2 is 2.10 bits per heavy atom. The number of ether oxygens (including phenoxy) is 1. The SMILES string of the molecule is COC(=O)C1CCCN1C(=O)C(N)CCc1ccccc1. The van der Waals surface area contributed by atoms with Crippen LogP contribution in [0.25, 0.3) is 0 Å². The van der Waals surface area contributed by atoms with Gasteiger partial charge in [0.05, 0.1) is 13.2 Å². The van der Waals surface area contributed by atoms with Crippen molar-refractivity contribution in [1.82, 2.24) is 4.90 Å². The molecule has 1 aromatic rings.